The topological polar surface area (TPSA) is 59.4 Å². The molecule has 0 saturated carbocycles. The zero-order chi connectivity index (χ0) is 8.27. The molecule has 62 valence electrons. The average molecular weight is 155 g/mol. The van der Waals surface area contributed by atoms with E-state index in [0.29, 0.717) is 5.76 Å². The van der Waals surface area contributed by atoms with Gasteiger partial charge >= 0.3 is 0 Å². The van der Waals surface area contributed by atoms with E-state index >= 15 is 0 Å². The van der Waals surface area contributed by atoms with Gasteiger partial charge < -0.3 is 15.3 Å². The number of aliphatic hydroxyl groups is 1. The van der Waals surface area contributed by atoms with Crippen LogP contribution < -0.4 is 5.73 Å². The normalized spacial score (nSPS) is 13.4. The molecule has 0 aromatic carbocycles. The van der Waals surface area contributed by atoms with Crippen molar-refractivity contribution in [3.8, 4) is 0 Å². The SMILES string of the molecule is CC[C@@H](N)c1ccc(CO)o1. The second-order valence-corrected chi connectivity index (χ2v) is 2.48. The minimum atomic E-state index is -0.0591. The Bertz CT molecular complexity index is 220. The van der Waals surface area contributed by atoms with E-state index in [1.807, 2.05) is 6.92 Å². The molecule has 0 fully saturated rings. The molecule has 0 unspecified atom stereocenters. The standard InChI is InChI=1S/C8H13NO2/c1-2-7(9)8-4-3-6(5-10)11-8/h3-4,7,10H,2,5,9H2,1H3/t7-/m1/s1. The molecular weight excluding hydrogens is 142 g/mol. The third kappa shape index (κ3) is 1.82. The Morgan fingerprint density at radius 2 is 2.36 bits per heavy atom. The summed E-state index contributed by atoms with van der Waals surface area (Å²) in [5, 5.41) is 8.67. The third-order valence-corrected chi connectivity index (χ3v) is 1.64. The summed E-state index contributed by atoms with van der Waals surface area (Å²) in [5.74, 6) is 1.32. The largest absolute Gasteiger partial charge is 0.462 e. The van der Waals surface area contributed by atoms with Crippen LogP contribution in [0.5, 0.6) is 0 Å². The molecular formula is C8H13NO2. The molecule has 0 saturated heterocycles. The number of nitrogens with two attached hydrogens (primary N) is 1. The smallest absolute Gasteiger partial charge is 0.129 e. The van der Waals surface area contributed by atoms with Gasteiger partial charge in [0.05, 0.1) is 6.04 Å². The van der Waals surface area contributed by atoms with E-state index in [1.165, 1.54) is 0 Å². The summed E-state index contributed by atoms with van der Waals surface area (Å²) in [6.07, 6.45) is 0.846. The molecule has 0 aliphatic carbocycles. The molecule has 1 atom stereocenters. The Kier molecular flexibility index (Phi) is 2.68. The van der Waals surface area contributed by atoms with Crippen LogP contribution in [-0.4, -0.2) is 5.11 Å². The van der Waals surface area contributed by atoms with Gasteiger partial charge in [0.2, 0.25) is 0 Å². The molecule has 0 amide bonds. The van der Waals surface area contributed by atoms with E-state index in [0.717, 1.165) is 12.2 Å². The molecule has 3 N–H and O–H groups in total. The molecule has 1 aromatic rings. The number of aliphatic hydroxyl groups excluding tert-OH is 1. The van der Waals surface area contributed by atoms with Crippen LogP contribution in [0.3, 0.4) is 0 Å². The highest BCUT2D eigenvalue weighted by molar-refractivity contribution is 5.09. The molecule has 0 spiro atoms. The maximum atomic E-state index is 8.67. The fourth-order valence-electron chi connectivity index (χ4n) is 0.880. The summed E-state index contributed by atoms with van der Waals surface area (Å²) in [6.45, 7) is 1.93. The molecule has 11 heavy (non-hydrogen) atoms. The third-order valence-electron chi connectivity index (χ3n) is 1.64. The van der Waals surface area contributed by atoms with Crippen molar-refractivity contribution in [2.24, 2.45) is 5.73 Å². The first-order valence-electron chi connectivity index (χ1n) is 3.73. The lowest BCUT2D eigenvalue weighted by molar-refractivity contribution is 0.241. The number of hydrogen-bond acceptors (Lipinski definition) is 3. The minimum Gasteiger partial charge on any atom is -0.462 e. The fourth-order valence-corrected chi connectivity index (χ4v) is 0.880. The van der Waals surface area contributed by atoms with Gasteiger partial charge in [-0.2, -0.15) is 0 Å². The zero-order valence-electron chi connectivity index (χ0n) is 6.58. The van der Waals surface area contributed by atoms with Gasteiger partial charge in [-0.3, -0.25) is 0 Å². The van der Waals surface area contributed by atoms with Gasteiger partial charge in [-0.05, 0) is 18.6 Å². The Labute approximate surface area is 65.8 Å². The van der Waals surface area contributed by atoms with Gasteiger partial charge in [-0.25, -0.2) is 0 Å². The predicted octanol–water partition coefficient (Wildman–Crippen LogP) is 1.18. The fraction of sp³-hybridized carbons (Fsp3) is 0.500. The van der Waals surface area contributed by atoms with E-state index in [9.17, 15) is 0 Å². The number of hydrogen-bond donors (Lipinski definition) is 2. The van der Waals surface area contributed by atoms with Crippen molar-refractivity contribution in [3.63, 3.8) is 0 Å². The van der Waals surface area contributed by atoms with Crippen molar-refractivity contribution in [3.05, 3.63) is 23.7 Å². The van der Waals surface area contributed by atoms with Crippen molar-refractivity contribution in [1.82, 2.24) is 0 Å². The molecule has 0 bridgehead atoms. The maximum Gasteiger partial charge on any atom is 0.129 e. The van der Waals surface area contributed by atoms with Gasteiger partial charge in [0.1, 0.15) is 18.1 Å². The molecule has 1 heterocycles. The van der Waals surface area contributed by atoms with Crippen LogP contribution in [0.2, 0.25) is 0 Å². The Morgan fingerprint density at radius 3 is 2.82 bits per heavy atom. The first kappa shape index (κ1) is 8.30. The van der Waals surface area contributed by atoms with E-state index in [4.69, 9.17) is 15.3 Å². The molecule has 3 heteroatoms. The van der Waals surface area contributed by atoms with E-state index in [-0.39, 0.29) is 12.6 Å². The van der Waals surface area contributed by atoms with Crippen molar-refractivity contribution < 1.29 is 9.52 Å². The van der Waals surface area contributed by atoms with Crippen LogP contribution in [0, 0.1) is 0 Å². The highest BCUT2D eigenvalue weighted by atomic mass is 16.4. The number of furan rings is 1. The minimum absolute atomic E-state index is 0.0460. The predicted molar refractivity (Wildman–Crippen MR) is 41.9 cm³/mol. The highest BCUT2D eigenvalue weighted by Gasteiger charge is 2.07. The first-order chi connectivity index (χ1) is 5.27. The maximum absolute atomic E-state index is 8.67. The van der Waals surface area contributed by atoms with Crippen LogP contribution in [0.15, 0.2) is 16.5 Å². The Morgan fingerprint density at radius 1 is 1.64 bits per heavy atom. The Balaban J connectivity index is 2.71. The molecule has 1 aromatic heterocycles. The van der Waals surface area contributed by atoms with Crippen LogP contribution in [0.25, 0.3) is 0 Å². The van der Waals surface area contributed by atoms with Gasteiger partial charge in [-0.1, -0.05) is 6.92 Å². The van der Waals surface area contributed by atoms with Crippen molar-refractivity contribution in [2.45, 2.75) is 26.0 Å². The molecule has 0 radical (unpaired) electrons. The lowest BCUT2D eigenvalue weighted by Gasteiger charge is -2.02. The monoisotopic (exact) mass is 155 g/mol. The average Bonchev–Trinajstić information content (AvgIpc) is 2.50. The first-order valence-corrected chi connectivity index (χ1v) is 3.73. The zero-order valence-corrected chi connectivity index (χ0v) is 6.58. The van der Waals surface area contributed by atoms with E-state index < -0.39 is 0 Å². The van der Waals surface area contributed by atoms with Crippen molar-refractivity contribution >= 4 is 0 Å². The summed E-state index contributed by atoms with van der Waals surface area (Å²) in [4.78, 5) is 0. The quantitative estimate of drug-likeness (QED) is 0.689. The van der Waals surface area contributed by atoms with Gasteiger partial charge in [0.15, 0.2) is 0 Å². The molecule has 1 rings (SSSR count). The van der Waals surface area contributed by atoms with E-state index in [1.54, 1.807) is 12.1 Å². The summed E-state index contributed by atoms with van der Waals surface area (Å²) < 4.78 is 5.21. The van der Waals surface area contributed by atoms with Gasteiger partial charge in [0.25, 0.3) is 0 Å². The van der Waals surface area contributed by atoms with Crippen LogP contribution >= 0.6 is 0 Å². The summed E-state index contributed by atoms with van der Waals surface area (Å²) >= 11 is 0. The molecule has 3 nitrogen and oxygen atoms in total. The molecule has 0 aliphatic heterocycles. The van der Waals surface area contributed by atoms with Crippen LogP contribution in [0.1, 0.15) is 30.9 Å². The van der Waals surface area contributed by atoms with Gasteiger partial charge in [0, 0.05) is 0 Å². The van der Waals surface area contributed by atoms with Crippen LogP contribution in [0.4, 0.5) is 0 Å². The summed E-state index contributed by atoms with van der Waals surface area (Å²) in [5.41, 5.74) is 5.69. The summed E-state index contributed by atoms with van der Waals surface area (Å²) in [6, 6.07) is 3.50. The van der Waals surface area contributed by atoms with Gasteiger partial charge in [-0.15, -0.1) is 0 Å². The number of rotatable bonds is 3. The van der Waals surface area contributed by atoms with E-state index in [2.05, 4.69) is 0 Å². The molecule has 0 aliphatic rings. The second kappa shape index (κ2) is 3.55. The van der Waals surface area contributed by atoms with Crippen molar-refractivity contribution in [2.75, 3.05) is 0 Å². The highest BCUT2D eigenvalue weighted by Crippen LogP contribution is 2.16. The Hall–Kier alpha value is -0.800. The lowest BCUT2D eigenvalue weighted by atomic mass is 10.2. The lowest BCUT2D eigenvalue weighted by Crippen LogP contribution is -2.06. The second-order valence-electron chi connectivity index (χ2n) is 2.48. The van der Waals surface area contributed by atoms with Crippen LogP contribution in [-0.2, 0) is 6.61 Å². The van der Waals surface area contributed by atoms with Crippen molar-refractivity contribution in [1.29, 1.82) is 0 Å². The summed E-state index contributed by atoms with van der Waals surface area (Å²) in [7, 11) is 0.